The molecule has 0 spiro atoms. The van der Waals surface area contributed by atoms with Crippen molar-refractivity contribution in [2.75, 3.05) is 6.54 Å². The summed E-state index contributed by atoms with van der Waals surface area (Å²) in [5.41, 5.74) is -0.0968. The van der Waals surface area contributed by atoms with Crippen molar-refractivity contribution in [2.45, 2.75) is 61.9 Å². The maximum atomic E-state index is 13.2. The number of carbonyl (C=O) groups is 3. The quantitative estimate of drug-likeness (QED) is 0.150. The molecule has 1 heterocycles. The van der Waals surface area contributed by atoms with Crippen LogP contribution in [0.2, 0.25) is 5.02 Å². The summed E-state index contributed by atoms with van der Waals surface area (Å²) < 4.78 is 13.6. The number of halogens is 4. The summed E-state index contributed by atoms with van der Waals surface area (Å²) >= 11 is 23.0. The first-order valence-electron chi connectivity index (χ1n) is 11.9. The molecule has 2 atom stereocenters. The van der Waals surface area contributed by atoms with Gasteiger partial charge in [-0.3, -0.25) is 9.74 Å². The Bertz CT molecular complexity index is 1140. The Morgan fingerprint density at radius 3 is 2.18 bits per heavy atom. The second-order valence-electron chi connectivity index (χ2n) is 9.65. The molecule has 0 aliphatic carbocycles. The molecule has 0 aromatic heterocycles. The predicted octanol–water partition coefficient (Wildman–Crippen LogP) is 6.91. The topological polar surface area (TPSA) is 94.6 Å². The number of benzene rings is 2. The Labute approximate surface area is 246 Å². The van der Waals surface area contributed by atoms with Crippen molar-refractivity contribution in [1.29, 1.82) is 0 Å². The van der Waals surface area contributed by atoms with Crippen molar-refractivity contribution >= 4 is 64.6 Å². The van der Waals surface area contributed by atoms with Gasteiger partial charge >= 0.3 is 22.1 Å². The largest absolute Gasteiger partial charge is 0.444 e. The molecule has 1 aliphatic rings. The Kier molecular flexibility index (Phi) is 10.6. The van der Waals surface area contributed by atoms with Crippen molar-refractivity contribution in [1.82, 2.24) is 9.96 Å². The number of ether oxygens (including phenoxy) is 3. The van der Waals surface area contributed by atoms with E-state index in [2.05, 4.69) is 0 Å². The van der Waals surface area contributed by atoms with Crippen LogP contribution in [0, 0.1) is 0 Å². The van der Waals surface area contributed by atoms with E-state index in [1.165, 1.54) is 17.0 Å². The van der Waals surface area contributed by atoms with Gasteiger partial charge in [0.1, 0.15) is 24.0 Å². The second-order valence-corrected chi connectivity index (χ2v) is 12.3. The highest BCUT2D eigenvalue weighted by Gasteiger charge is 2.43. The van der Waals surface area contributed by atoms with Crippen LogP contribution in [0.1, 0.15) is 39.2 Å². The van der Waals surface area contributed by atoms with Crippen LogP contribution in [-0.2, 0) is 25.7 Å². The van der Waals surface area contributed by atoms with Crippen LogP contribution in [0.5, 0.6) is 5.75 Å². The van der Waals surface area contributed by atoms with Gasteiger partial charge in [-0.1, -0.05) is 41.9 Å². The number of amides is 2. The lowest BCUT2D eigenvalue weighted by atomic mass is 9.98. The maximum Gasteiger partial charge on any atom is 0.437 e. The van der Waals surface area contributed by atoms with E-state index in [-0.39, 0.29) is 31.7 Å². The Hall–Kier alpha value is -2.43. The van der Waals surface area contributed by atoms with Gasteiger partial charge < -0.3 is 14.2 Å². The van der Waals surface area contributed by atoms with E-state index in [1.54, 1.807) is 45.0 Å². The predicted molar refractivity (Wildman–Crippen MR) is 147 cm³/mol. The minimum Gasteiger partial charge on any atom is -0.444 e. The van der Waals surface area contributed by atoms with Crippen molar-refractivity contribution in [3.63, 3.8) is 0 Å². The van der Waals surface area contributed by atoms with Crippen molar-refractivity contribution in [3.05, 3.63) is 65.2 Å². The molecule has 212 valence electrons. The molecule has 0 N–H and O–H groups in total. The first-order valence-corrected chi connectivity index (χ1v) is 13.5. The smallest absolute Gasteiger partial charge is 0.437 e. The highest BCUT2D eigenvalue weighted by molar-refractivity contribution is 6.66. The fraction of sp³-hybridized carbons (Fsp3) is 0.423. The molecule has 1 fully saturated rings. The van der Waals surface area contributed by atoms with Crippen LogP contribution < -0.4 is 4.74 Å². The molecule has 2 aromatic carbocycles. The zero-order chi connectivity index (χ0) is 28.8. The van der Waals surface area contributed by atoms with Gasteiger partial charge in [0.15, 0.2) is 0 Å². The Morgan fingerprint density at radius 1 is 0.949 bits per heavy atom. The molecule has 0 radical (unpaired) electrons. The summed E-state index contributed by atoms with van der Waals surface area (Å²) in [6.07, 6.45) is -1.52. The number of esters is 1. The van der Waals surface area contributed by atoms with Crippen LogP contribution >= 0.6 is 46.4 Å². The number of likely N-dealkylation sites (tertiary alicyclic amines) is 1. The minimum absolute atomic E-state index is 0.0131. The zero-order valence-corrected chi connectivity index (χ0v) is 24.5. The summed E-state index contributed by atoms with van der Waals surface area (Å²) in [7, 11) is 0. The number of nitrogens with zero attached hydrogens (tertiary/aromatic N) is 2. The highest BCUT2D eigenvalue weighted by Crippen LogP contribution is 2.31. The highest BCUT2D eigenvalue weighted by atomic mass is 35.6. The Morgan fingerprint density at radius 2 is 1.59 bits per heavy atom. The number of rotatable bonds is 6. The Balaban J connectivity index is 1.84. The molecular formula is C26H28Cl4N2O7. The van der Waals surface area contributed by atoms with Gasteiger partial charge in [-0.2, -0.15) is 5.06 Å². The van der Waals surface area contributed by atoms with E-state index < -0.39 is 39.8 Å². The van der Waals surface area contributed by atoms with Crippen molar-refractivity contribution in [3.8, 4) is 5.75 Å². The molecule has 0 bridgehead atoms. The van der Waals surface area contributed by atoms with Crippen molar-refractivity contribution in [2.24, 2.45) is 0 Å². The molecule has 3 rings (SSSR count). The third kappa shape index (κ3) is 9.92. The van der Waals surface area contributed by atoms with E-state index in [1.807, 2.05) is 18.2 Å². The lowest BCUT2D eigenvalue weighted by Gasteiger charge is -2.41. The molecule has 39 heavy (non-hydrogen) atoms. The fourth-order valence-electron chi connectivity index (χ4n) is 3.77. The second kappa shape index (κ2) is 13.3. The molecule has 0 saturated carbocycles. The molecular weight excluding hydrogens is 594 g/mol. The number of piperidine rings is 1. The van der Waals surface area contributed by atoms with Gasteiger partial charge in [-0.25, -0.2) is 14.4 Å². The van der Waals surface area contributed by atoms with E-state index in [0.717, 1.165) is 10.6 Å². The van der Waals surface area contributed by atoms with Gasteiger partial charge in [0.05, 0.1) is 6.04 Å². The molecule has 2 aromatic rings. The third-order valence-corrected chi connectivity index (χ3v) is 5.90. The first kappa shape index (κ1) is 31.1. The van der Waals surface area contributed by atoms with E-state index in [9.17, 15) is 14.4 Å². The number of hydrogen-bond acceptors (Lipinski definition) is 7. The van der Waals surface area contributed by atoms with Crippen LogP contribution in [-0.4, -0.2) is 56.3 Å². The standard InChI is InChI=1S/C26H28Cl4N2O7/c1-25(2,3)38-23(34)31-15-19(11-14-21(31)22(33)37-20-12-9-18(27)10-13-20)32(24(35)39-26(28,29)30)36-16-17-7-5-4-6-8-17/h4-10,12-13,19,21H,11,14-16H2,1-3H3/t19-,21+/m1/s1. The van der Waals surface area contributed by atoms with E-state index in [0.29, 0.717) is 5.02 Å². The molecule has 0 unspecified atom stereocenters. The normalized spacial score (nSPS) is 17.8. The van der Waals surface area contributed by atoms with Crippen molar-refractivity contribution < 1.29 is 33.4 Å². The fourth-order valence-corrected chi connectivity index (χ4v) is 4.09. The molecule has 9 nitrogen and oxygen atoms in total. The maximum absolute atomic E-state index is 13.2. The third-order valence-electron chi connectivity index (χ3n) is 5.42. The zero-order valence-electron chi connectivity index (χ0n) is 21.4. The SMILES string of the molecule is CC(C)(C)OC(=O)N1C[C@H](N(OCc2ccccc2)C(=O)OC(Cl)(Cl)Cl)CC[C@H]1C(=O)Oc1ccc(Cl)cc1. The lowest BCUT2D eigenvalue weighted by Crippen LogP contribution is -2.58. The van der Waals surface area contributed by atoms with Crippen LogP contribution in [0.15, 0.2) is 54.6 Å². The van der Waals surface area contributed by atoms with Gasteiger partial charge in [0, 0.05) is 11.6 Å². The number of alkyl halides is 3. The lowest BCUT2D eigenvalue weighted by molar-refractivity contribution is -0.184. The van der Waals surface area contributed by atoms with E-state index in [4.69, 9.17) is 65.5 Å². The number of carbonyl (C=O) groups excluding carboxylic acids is 3. The monoisotopic (exact) mass is 620 g/mol. The molecule has 1 saturated heterocycles. The van der Waals surface area contributed by atoms with Gasteiger partial charge in [-0.15, -0.1) is 0 Å². The average Bonchev–Trinajstić information content (AvgIpc) is 2.84. The van der Waals surface area contributed by atoms with Crippen LogP contribution in [0.3, 0.4) is 0 Å². The van der Waals surface area contributed by atoms with Gasteiger partial charge in [0.25, 0.3) is 0 Å². The summed E-state index contributed by atoms with van der Waals surface area (Å²) in [5, 5.41) is 1.38. The summed E-state index contributed by atoms with van der Waals surface area (Å²) in [4.78, 5) is 46.3. The number of hydroxylamine groups is 2. The van der Waals surface area contributed by atoms with Gasteiger partial charge in [-0.05, 0) is 98.2 Å². The molecule has 1 aliphatic heterocycles. The first-order chi connectivity index (χ1) is 18.2. The van der Waals surface area contributed by atoms with E-state index >= 15 is 0 Å². The molecule has 13 heteroatoms. The van der Waals surface area contributed by atoms with Crippen LogP contribution in [0.25, 0.3) is 0 Å². The van der Waals surface area contributed by atoms with Gasteiger partial charge in [0.2, 0.25) is 0 Å². The summed E-state index contributed by atoms with van der Waals surface area (Å²) in [6, 6.07) is 13.5. The summed E-state index contributed by atoms with van der Waals surface area (Å²) in [6.45, 7) is 4.92. The number of hydrogen-bond donors (Lipinski definition) is 0. The average molecular weight is 622 g/mol. The molecule has 2 amide bonds. The van der Waals surface area contributed by atoms with Crippen LogP contribution in [0.4, 0.5) is 9.59 Å². The minimum atomic E-state index is -2.35. The summed E-state index contributed by atoms with van der Waals surface area (Å²) in [5.74, 6) is -0.419.